The van der Waals surface area contributed by atoms with Crippen molar-refractivity contribution < 1.29 is 13.2 Å². The van der Waals surface area contributed by atoms with E-state index in [1.54, 1.807) is 0 Å². The third kappa shape index (κ3) is 3.68. The summed E-state index contributed by atoms with van der Waals surface area (Å²) in [6.45, 7) is 0.903. The predicted octanol–water partition coefficient (Wildman–Crippen LogP) is 0.861. The van der Waals surface area contributed by atoms with Gasteiger partial charge in [0, 0.05) is 25.6 Å². The van der Waals surface area contributed by atoms with Gasteiger partial charge >= 0.3 is 0 Å². The molecule has 18 heavy (non-hydrogen) atoms. The number of nitrogens with zero attached hydrogens (tertiary/aromatic N) is 1. The van der Waals surface area contributed by atoms with Crippen LogP contribution in [-0.2, 0) is 14.8 Å². The second kappa shape index (κ2) is 6.02. The topological polar surface area (TPSA) is 66.5 Å². The van der Waals surface area contributed by atoms with Gasteiger partial charge in [-0.25, -0.2) is 12.7 Å². The maximum absolute atomic E-state index is 11.7. The van der Waals surface area contributed by atoms with Crippen LogP contribution in [-0.4, -0.2) is 43.5 Å². The standard InChI is InChI=1S/C12H22N2O3S/c15-12(13-11-5-1-2-6-11)7-9-14-8-3-4-10-18(14,16)17/h11H,1-10H2,(H,13,15). The number of hydrogen-bond donors (Lipinski definition) is 1. The largest absolute Gasteiger partial charge is 0.353 e. The molecule has 1 aliphatic carbocycles. The summed E-state index contributed by atoms with van der Waals surface area (Å²) in [5.41, 5.74) is 0. The van der Waals surface area contributed by atoms with E-state index in [9.17, 15) is 13.2 Å². The SMILES string of the molecule is O=C(CCN1CCCCS1(=O)=O)NC1CCCC1. The first kappa shape index (κ1) is 13.8. The molecule has 0 aromatic heterocycles. The molecule has 0 bridgehead atoms. The molecule has 1 saturated heterocycles. The number of nitrogens with one attached hydrogen (secondary N) is 1. The van der Waals surface area contributed by atoms with Crippen LogP contribution >= 0.6 is 0 Å². The average Bonchev–Trinajstić information content (AvgIpc) is 2.80. The van der Waals surface area contributed by atoms with Crippen LogP contribution in [0.15, 0.2) is 0 Å². The van der Waals surface area contributed by atoms with Crippen molar-refractivity contribution in [3.63, 3.8) is 0 Å². The van der Waals surface area contributed by atoms with Gasteiger partial charge in [0.15, 0.2) is 0 Å². The normalized spacial score (nSPS) is 25.1. The molecule has 0 radical (unpaired) electrons. The van der Waals surface area contributed by atoms with Crippen molar-refractivity contribution in [2.75, 3.05) is 18.8 Å². The summed E-state index contributed by atoms with van der Waals surface area (Å²) in [5, 5.41) is 2.99. The van der Waals surface area contributed by atoms with Gasteiger partial charge in [-0.3, -0.25) is 4.79 Å². The minimum atomic E-state index is -3.09. The minimum absolute atomic E-state index is 0.0114. The number of rotatable bonds is 4. The highest BCUT2D eigenvalue weighted by Gasteiger charge is 2.26. The minimum Gasteiger partial charge on any atom is -0.353 e. The van der Waals surface area contributed by atoms with Crippen LogP contribution in [0.4, 0.5) is 0 Å². The third-order valence-corrected chi connectivity index (χ3v) is 5.72. The quantitative estimate of drug-likeness (QED) is 0.827. The fourth-order valence-electron chi connectivity index (χ4n) is 2.69. The van der Waals surface area contributed by atoms with Gasteiger partial charge in [-0.15, -0.1) is 0 Å². The molecule has 0 unspecified atom stereocenters. The van der Waals surface area contributed by atoms with Crippen LogP contribution in [0.1, 0.15) is 44.9 Å². The van der Waals surface area contributed by atoms with Crippen molar-refractivity contribution in [1.29, 1.82) is 0 Å². The van der Waals surface area contributed by atoms with Gasteiger partial charge in [0.1, 0.15) is 0 Å². The van der Waals surface area contributed by atoms with Crippen molar-refractivity contribution in [2.45, 2.75) is 51.0 Å². The third-order valence-electron chi connectivity index (χ3n) is 3.76. The van der Waals surface area contributed by atoms with E-state index in [1.807, 2.05) is 0 Å². The van der Waals surface area contributed by atoms with Crippen LogP contribution in [0.2, 0.25) is 0 Å². The van der Waals surface area contributed by atoms with Crippen molar-refractivity contribution in [3.05, 3.63) is 0 Å². The smallest absolute Gasteiger partial charge is 0.221 e. The summed E-state index contributed by atoms with van der Waals surface area (Å²) in [7, 11) is -3.09. The van der Waals surface area contributed by atoms with Crippen molar-refractivity contribution >= 4 is 15.9 Å². The molecule has 2 aliphatic rings. The molecule has 0 spiro atoms. The van der Waals surface area contributed by atoms with E-state index in [0.717, 1.165) is 25.7 Å². The molecule has 6 heteroatoms. The Balaban J connectivity index is 1.74. The predicted molar refractivity (Wildman–Crippen MR) is 69.6 cm³/mol. The first-order valence-corrected chi connectivity index (χ1v) is 8.46. The van der Waals surface area contributed by atoms with Crippen LogP contribution in [0.5, 0.6) is 0 Å². The molecule has 1 N–H and O–H groups in total. The van der Waals surface area contributed by atoms with Crippen LogP contribution in [0, 0.1) is 0 Å². The number of carbonyl (C=O) groups is 1. The summed E-state index contributed by atoms with van der Waals surface area (Å²) >= 11 is 0. The zero-order valence-corrected chi connectivity index (χ0v) is 11.5. The molecule has 1 saturated carbocycles. The van der Waals surface area contributed by atoms with Gasteiger partial charge in [0.25, 0.3) is 0 Å². The molecule has 0 aromatic carbocycles. The monoisotopic (exact) mass is 274 g/mol. The van der Waals surface area contributed by atoms with Crippen molar-refractivity contribution in [3.8, 4) is 0 Å². The van der Waals surface area contributed by atoms with E-state index in [0.29, 0.717) is 19.1 Å². The molecular weight excluding hydrogens is 252 g/mol. The Kier molecular flexibility index (Phi) is 4.61. The molecule has 1 aliphatic heterocycles. The fourth-order valence-corrected chi connectivity index (χ4v) is 4.29. The number of carbonyl (C=O) groups excluding carboxylic acids is 1. The molecule has 2 rings (SSSR count). The lowest BCUT2D eigenvalue weighted by Crippen LogP contribution is -2.41. The Hall–Kier alpha value is -0.620. The zero-order valence-electron chi connectivity index (χ0n) is 10.7. The maximum Gasteiger partial charge on any atom is 0.221 e. The molecule has 5 nitrogen and oxygen atoms in total. The molecular formula is C12H22N2O3S. The Labute approximate surface area is 109 Å². The van der Waals surface area contributed by atoms with Crippen molar-refractivity contribution in [2.24, 2.45) is 0 Å². The van der Waals surface area contributed by atoms with Crippen LogP contribution < -0.4 is 5.32 Å². The highest BCUT2D eigenvalue weighted by molar-refractivity contribution is 7.89. The first-order chi connectivity index (χ1) is 8.58. The molecule has 1 heterocycles. The highest BCUT2D eigenvalue weighted by Crippen LogP contribution is 2.18. The van der Waals surface area contributed by atoms with E-state index in [4.69, 9.17) is 0 Å². The van der Waals surface area contributed by atoms with E-state index in [-0.39, 0.29) is 18.1 Å². The molecule has 104 valence electrons. The molecule has 2 fully saturated rings. The highest BCUT2D eigenvalue weighted by atomic mass is 32.2. The Morgan fingerprint density at radius 3 is 2.56 bits per heavy atom. The van der Waals surface area contributed by atoms with E-state index in [2.05, 4.69) is 5.32 Å². The van der Waals surface area contributed by atoms with Gasteiger partial charge in [-0.1, -0.05) is 12.8 Å². The van der Waals surface area contributed by atoms with Gasteiger partial charge in [-0.05, 0) is 25.7 Å². The van der Waals surface area contributed by atoms with E-state index >= 15 is 0 Å². The fraction of sp³-hybridized carbons (Fsp3) is 0.917. The molecule has 0 aromatic rings. The van der Waals surface area contributed by atoms with Gasteiger partial charge in [0.05, 0.1) is 5.75 Å². The summed E-state index contributed by atoms with van der Waals surface area (Å²) in [5.74, 6) is 0.222. The summed E-state index contributed by atoms with van der Waals surface area (Å²) in [6, 6.07) is 0.315. The van der Waals surface area contributed by atoms with E-state index < -0.39 is 10.0 Å². The summed E-state index contributed by atoms with van der Waals surface area (Å²) < 4.78 is 24.9. The Morgan fingerprint density at radius 2 is 1.89 bits per heavy atom. The van der Waals surface area contributed by atoms with Crippen LogP contribution in [0.25, 0.3) is 0 Å². The number of amides is 1. The molecule has 1 amide bonds. The second-order valence-electron chi connectivity index (χ2n) is 5.22. The maximum atomic E-state index is 11.7. The Morgan fingerprint density at radius 1 is 1.17 bits per heavy atom. The first-order valence-electron chi connectivity index (χ1n) is 6.85. The van der Waals surface area contributed by atoms with Gasteiger partial charge in [-0.2, -0.15) is 0 Å². The van der Waals surface area contributed by atoms with E-state index in [1.165, 1.54) is 17.1 Å². The van der Waals surface area contributed by atoms with Gasteiger partial charge < -0.3 is 5.32 Å². The van der Waals surface area contributed by atoms with Gasteiger partial charge in [0.2, 0.25) is 15.9 Å². The summed E-state index contributed by atoms with van der Waals surface area (Å²) in [6.07, 6.45) is 6.44. The lowest BCUT2D eigenvalue weighted by atomic mass is 10.2. The lowest BCUT2D eigenvalue weighted by molar-refractivity contribution is -0.121. The Bertz CT molecular complexity index is 388. The van der Waals surface area contributed by atoms with Crippen LogP contribution in [0.3, 0.4) is 0 Å². The number of sulfonamides is 1. The average molecular weight is 274 g/mol. The number of hydrogen-bond acceptors (Lipinski definition) is 3. The second-order valence-corrected chi connectivity index (χ2v) is 7.31. The zero-order chi connectivity index (χ0) is 13.0. The van der Waals surface area contributed by atoms with Crippen molar-refractivity contribution in [1.82, 2.24) is 9.62 Å². The summed E-state index contributed by atoms with van der Waals surface area (Å²) in [4.78, 5) is 11.7. The lowest BCUT2D eigenvalue weighted by Gasteiger charge is -2.26. The molecule has 0 atom stereocenters.